The predicted molar refractivity (Wildman–Crippen MR) is 105 cm³/mol. The lowest BCUT2D eigenvalue weighted by Gasteiger charge is -2.32. The zero-order valence-corrected chi connectivity index (χ0v) is 17.4. The molecule has 1 saturated heterocycles. The zero-order chi connectivity index (χ0) is 20.3. The van der Waals surface area contributed by atoms with Gasteiger partial charge in [0, 0.05) is 30.9 Å². The fourth-order valence-corrected chi connectivity index (χ4v) is 2.32. The first kappa shape index (κ1) is 21.4. The molecule has 1 aliphatic heterocycles. The summed E-state index contributed by atoms with van der Waals surface area (Å²) in [4.78, 5) is 20.2. The summed E-state index contributed by atoms with van der Waals surface area (Å²) in [7, 11) is -0.470. The summed E-state index contributed by atoms with van der Waals surface area (Å²) in [6.45, 7) is 14.7. The number of hydrogen-bond acceptors (Lipinski definition) is 7. The molecule has 1 aromatic heterocycles. The molecule has 2 heterocycles. The third-order valence-corrected chi connectivity index (χ3v) is 4.50. The van der Waals surface area contributed by atoms with E-state index in [0.717, 1.165) is 11.9 Å². The van der Waals surface area contributed by atoms with Crippen LogP contribution in [0.5, 0.6) is 0 Å². The van der Waals surface area contributed by atoms with Gasteiger partial charge < -0.3 is 24.7 Å². The molecule has 9 heteroatoms. The maximum absolute atomic E-state index is 11.5. The zero-order valence-electron chi connectivity index (χ0n) is 17.4. The van der Waals surface area contributed by atoms with Crippen LogP contribution in [0.3, 0.4) is 0 Å². The van der Waals surface area contributed by atoms with Gasteiger partial charge in [0.15, 0.2) is 0 Å². The molecule has 0 bridgehead atoms. The van der Waals surface area contributed by atoms with Crippen LogP contribution >= 0.6 is 0 Å². The molecule has 1 aliphatic rings. The molecular weight excluding hydrogens is 347 g/mol. The quantitative estimate of drug-likeness (QED) is 0.578. The van der Waals surface area contributed by atoms with Crippen LogP contribution in [0.15, 0.2) is 12.4 Å². The standard InChI is InChI=1S/C18H31BN4O4/c1-16(2,3)25-15(24)21-10-8-9-20-14-22-11-13(12-23-14)19-26-17(4,5)18(6,7)27-19/h11-12H,8-10H2,1-7H3,(H,21,24)(H,20,22,23). The van der Waals surface area contributed by atoms with Crippen molar-refractivity contribution in [1.29, 1.82) is 0 Å². The highest BCUT2D eigenvalue weighted by atomic mass is 16.7. The average molecular weight is 378 g/mol. The lowest BCUT2D eigenvalue weighted by molar-refractivity contribution is 0.00578. The van der Waals surface area contributed by atoms with Gasteiger partial charge in [-0.1, -0.05) is 0 Å². The highest BCUT2D eigenvalue weighted by Gasteiger charge is 2.51. The van der Waals surface area contributed by atoms with Crippen molar-refractivity contribution in [2.24, 2.45) is 0 Å². The number of alkyl carbamates (subject to hydrolysis) is 1. The summed E-state index contributed by atoms with van der Waals surface area (Å²) in [6, 6.07) is 0. The first-order valence-electron chi connectivity index (χ1n) is 9.28. The highest BCUT2D eigenvalue weighted by molar-refractivity contribution is 6.61. The fourth-order valence-electron chi connectivity index (χ4n) is 2.32. The number of nitrogens with zero attached hydrogens (tertiary/aromatic N) is 2. The predicted octanol–water partition coefficient (Wildman–Crippen LogP) is 2.10. The van der Waals surface area contributed by atoms with Crippen LogP contribution in [0.2, 0.25) is 0 Å². The van der Waals surface area contributed by atoms with Crippen LogP contribution in [0.25, 0.3) is 0 Å². The van der Waals surface area contributed by atoms with Crippen LogP contribution in [0, 0.1) is 0 Å². The van der Waals surface area contributed by atoms with Crippen molar-refractivity contribution in [3.05, 3.63) is 12.4 Å². The van der Waals surface area contributed by atoms with Crippen molar-refractivity contribution in [3.63, 3.8) is 0 Å². The number of aromatic nitrogens is 2. The number of rotatable bonds is 6. The Hall–Kier alpha value is -1.87. The van der Waals surface area contributed by atoms with E-state index >= 15 is 0 Å². The van der Waals surface area contributed by atoms with Gasteiger partial charge in [0.25, 0.3) is 0 Å². The number of hydrogen-bond donors (Lipinski definition) is 2. The van der Waals surface area contributed by atoms with Gasteiger partial charge in [-0.05, 0) is 54.9 Å². The van der Waals surface area contributed by atoms with Crippen molar-refractivity contribution in [2.75, 3.05) is 18.4 Å². The Kier molecular flexibility index (Phi) is 6.37. The Bertz CT molecular complexity index is 628. The Morgan fingerprint density at radius 3 is 2.19 bits per heavy atom. The second-order valence-corrected chi connectivity index (χ2v) is 8.64. The van der Waals surface area contributed by atoms with E-state index in [1.54, 1.807) is 12.4 Å². The number of nitrogens with one attached hydrogen (secondary N) is 2. The molecule has 27 heavy (non-hydrogen) atoms. The molecule has 1 fully saturated rings. The molecule has 150 valence electrons. The van der Waals surface area contributed by atoms with Crippen LogP contribution in [-0.4, -0.2) is 53.1 Å². The molecule has 0 spiro atoms. The monoisotopic (exact) mass is 378 g/mol. The van der Waals surface area contributed by atoms with E-state index in [9.17, 15) is 4.79 Å². The minimum atomic E-state index is -0.491. The molecule has 0 unspecified atom stereocenters. The second-order valence-electron chi connectivity index (χ2n) is 8.64. The third-order valence-electron chi connectivity index (χ3n) is 4.50. The SMILES string of the molecule is CC(C)(C)OC(=O)NCCCNc1ncc(B2OC(C)(C)C(C)(C)O2)cn1. The molecule has 0 radical (unpaired) electrons. The van der Waals surface area contributed by atoms with E-state index in [1.807, 2.05) is 48.5 Å². The van der Waals surface area contributed by atoms with E-state index in [4.69, 9.17) is 14.0 Å². The number of ether oxygens (including phenoxy) is 1. The molecule has 0 aromatic carbocycles. The van der Waals surface area contributed by atoms with Crippen LogP contribution in [-0.2, 0) is 14.0 Å². The Morgan fingerprint density at radius 1 is 1.11 bits per heavy atom. The molecule has 0 atom stereocenters. The van der Waals surface area contributed by atoms with Crippen molar-refractivity contribution in [1.82, 2.24) is 15.3 Å². The van der Waals surface area contributed by atoms with Crippen molar-refractivity contribution in [3.8, 4) is 0 Å². The van der Waals surface area contributed by atoms with Gasteiger partial charge >= 0.3 is 13.2 Å². The maximum Gasteiger partial charge on any atom is 0.498 e. The minimum absolute atomic E-state index is 0.393. The average Bonchev–Trinajstić information content (AvgIpc) is 2.74. The highest BCUT2D eigenvalue weighted by Crippen LogP contribution is 2.36. The van der Waals surface area contributed by atoms with E-state index in [2.05, 4.69) is 20.6 Å². The largest absolute Gasteiger partial charge is 0.498 e. The molecular formula is C18H31BN4O4. The summed E-state index contributed by atoms with van der Waals surface area (Å²) in [5.41, 5.74) is -0.494. The third kappa shape index (κ3) is 6.07. The van der Waals surface area contributed by atoms with Crippen molar-refractivity contribution >= 4 is 24.6 Å². The molecule has 1 aromatic rings. The number of anilines is 1. The lowest BCUT2D eigenvalue weighted by Crippen LogP contribution is -2.41. The van der Waals surface area contributed by atoms with Gasteiger partial charge in [-0.25, -0.2) is 14.8 Å². The summed E-state index contributed by atoms with van der Waals surface area (Å²) in [6.07, 6.45) is 3.72. The molecule has 1 amide bonds. The summed E-state index contributed by atoms with van der Waals surface area (Å²) < 4.78 is 17.1. The summed E-state index contributed by atoms with van der Waals surface area (Å²) in [5, 5.41) is 5.83. The minimum Gasteiger partial charge on any atom is -0.444 e. The van der Waals surface area contributed by atoms with Gasteiger partial charge in [-0.3, -0.25) is 0 Å². The van der Waals surface area contributed by atoms with Crippen LogP contribution in [0.4, 0.5) is 10.7 Å². The molecule has 2 rings (SSSR count). The Morgan fingerprint density at radius 2 is 1.67 bits per heavy atom. The van der Waals surface area contributed by atoms with Gasteiger partial charge in [0.2, 0.25) is 5.95 Å². The van der Waals surface area contributed by atoms with Gasteiger partial charge in [0.1, 0.15) is 5.60 Å². The molecule has 0 aliphatic carbocycles. The smallest absolute Gasteiger partial charge is 0.444 e. The Labute approximate surface area is 161 Å². The Balaban J connectivity index is 1.73. The van der Waals surface area contributed by atoms with Gasteiger partial charge in [-0.15, -0.1) is 0 Å². The number of amides is 1. The maximum atomic E-state index is 11.5. The van der Waals surface area contributed by atoms with Crippen LogP contribution in [0.1, 0.15) is 54.9 Å². The van der Waals surface area contributed by atoms with Crippen molar-refractivity contribution in [2.45, 2.75) is 71.7 Å². The van der Waals surface area contributed by atoms with Gasteiger partial charge in [-0.2, -0.15) is 0 Å². The van der Waals surface area contributed by atoms with E-state index in [1.165, 1.54) is 0 Å². The van der Waals surface area contributed by atoms with E-state index in [0.29, 0.717) is 19.0 Å². The fraction of sp³-hybridized carbons (Fsp3) is 0.722. The molecule has 2 N–H and O–H groups in total. The van der Waals surface area contributed by atoms with Crippen molar-refractivity contribution < 1.29 is 18.8 Å². The normalized spacial score (nSPS) is 18.3. The molecule has 8 nitrogen and oxygen atoms in total. The first-order chi connectivity index (χ1) is 12.4. The van der Waals surface area contributed by atoms with E-state index in [-0.39, 0.29) is 0 Å². The second kappa shape index (κ2) is 8.02. The lowest BCUT2D eigenvalue weighted by atomic mass is 9.81. The summed E-state index contributed by atoms with van der Waals surface area (Å²) in [5.74, 6) is 0.521. The number of carbonyl (C=O) groups excluding carboxylic acids is 1. The summed E-state index contributed by atoms with van der Waals surface area (Å²) >= 11 is 0. The first-order valence-corrected chi connectivity index (χ1v) is 9.28. The van der Waals surface area contributed by atoms with E-state index < -0.39 is 30.0 Å². The number of carbonyl (C=O) groups is 1. The topological polar surface area (TPSA) is 94.6 Å². The molecule has 0 saturated carbocycles. The van der Waals surface area contributed by atoms with Gasteiger partial charge in [0.05, 0.1) is 11.2 Å². The van der Waals surface area contributed by atoms with Crippen LogP contribution < -0.4 is 16.1 Å².